The Morgan fingerprint density at radius 3 is 2.74 bits per heavy atom. The van der Waals surface area contributed by atoms with Gasteiger partial charge < -0.3 is 9.67 Å². The fraction of sp³-hybridized carbons (Fsp3) is 0.333. The van der Waals surface area contributed by atoms with Gasteiger partial charge in [-0.3, -0.25) is 5.43 Å². The molecular weight excluding hydrogens is 290 g/mol. The number of rotatable bonds is 6. The highest BCUT2D eigenvalue weighted by atomic mass is 16.4. The number of aromatic carboxylic acids is 1. The zero-order valence-electron chi connectivity index (χ0n) is 14.0. The van der Waals surface area contributed by atoms with Crippen molar-refractivity contribution in [2.24, 2.45) is 11.0 Å². The van der Waals surface area contributed by atoms with E-state index in [1.165, 1.54) is 11.4 Å². The largest absolute Gasteiger partial charge is 0.478 e. The Hall–Kier alpha value is -2.56. The lowest BCUT2D eigenvalue weighted by atomic mass is 10.2. The average Bonchev–Trinajstić information content (AvgIpc) is 2.75. The normalized spacial score (nSPS) is 11.3. The third-order valence-corrected chi connectivity index (χ3v) is 3.67. The Morgan fingerprint density at radius 2 is 2.09 bits per heavy atom. The van der Waals surface area contributed by atoms with Gasteiger partial charge in [-0.25, -0.2) is 4.79 Å². The molecule has 0 saturated heterocycles. The lowest BCUT2D eigenvalue weighted by molar-refractivity contribution is 0.0697. The molecule has 2 aromatic rings. The van der Waals surface area contributed by atoms with Gasteiger partial charge in [0, 0.05) is 23.5 Å². The molecule has 0 bridgehead atoms. The first-order valence-electron chi connectivity index (χ1n) is 7.67. The highest BCUT2D eigenvalue weighted by Gasteiger charge is 2.08. The zero-order valence-corrected chi connectivity index (χ0v) is 14.0. The van der Waals surface area contributed by atoms with Crippen molar-refractivity contribution in [3.8, 4) is 0 Å². The van der Waals surface area contributed by atoms with E-state index in [-0.39, 0.29) is 5.56 Å². The van der Waals surface area contributed by atoms with E-state index in [0.29, 0.717) is 11.6 Å². The number of anilines is 1. The maximum absolute atomic E-state index is 11.0. The molecule has 0 saturated carbocycles. The van der Waals surface area contributed by atoms with E-state index < -0.39 is 5.97 Å². The second kappa shape index (κ2) is 7.13. The van der Waals surface area contributed by atoms with Crippen molar-refractivity contribution in [3.63, 3.8) is 0 Å². The minimum Gasteiger partial charge on any atom is -0.478 e. The van der Waals surface area contributed by atoms with Crippen LogP contribution < -0.4 is 5.43 Å². The van der Waals surface area contributed by atoms with Gasteiger partial charge in [0.05, 0.1) is 17.5 Å². The molecular formula is C18H23N3O2. The molecule has 1 aromatic heterocycles. The Balaban J connectivity index is 2.12. The SMILES string of the molecule is Cc1cc(/C=N\Nc2cccc(C(=O)O)c2)c(C)n1CC(C)C. The molecule has 0 fully saturated rings. The van der Waals surface area contributed by atoms with Crippen LogP contribution in [0.25, 0.3) is 0 Å². The second-order valence-electron chi connectivity index (χ2n) is 6.09. The maximum Gasteiger partial charge on any atom is 0.335 e. The van der Waals surface area contributed by atoms with Gasteiger partial charge in [-0.2, -0.15) is 5.10 Å². The van der Waals surface area contributed by atoms with Crippen molar-refractivity contribution in [1.82, 2.24) is 4.57 Å². The average molecular weight is 313 g/mol. The number of nitrogens with zero attached hydrogens (tertiary/aromatic N) is 2. The van der Waals surface area contributed by atoms with Crippen molar-refractivity contribution in [2.45, 2.75) is 34.2 Å². The molecule has 0 atom stereocenters. The molecule has 122 valence electrons. The predicted molar refractivity (Wildman–Crippen MR) is 93.4 cm³/mol. The monoisotopic (exact) mass is 313 g/mol. The van der Waals surface area contributed by atoms with Gasteiger partial charge in [0.2, 0.25) is 0 Å². The van der Waals surface area contributed by atoms with Crippen LogP contribution in [0.2, 0.25) is 0 Å². The number of carboxylic acids is 1. The molecule has 0 amide bonds. The molecule has 23 heavy (non-hydrogen) atoms. The van der Waals surface area contributed by atoms with E-state index in [1.54, 1.807) is 30.5 Å². The van der Waals surface area contributed by atoms with E-state index in [0.717, 1.165) is 12.1 Å². The van der Waals surface area contributed by atoms with Crippen LogP contribution in [-0.4, -0.2) is 21.9 Å². The van der Waals surface area contributed by atoms with E-state index in [2.05, 4.69) is 48.9 Å². The number of hydrogen-bond acceptors (Lipinski definition) is 3. The summed E-state index contributed by atoms with van der Waals surface area (Å²) in [5.41, 5.74) is 7.22. The molecule has 2 rings (SSSR count). The van der Waals surface area contributed by atoms with Crippen LogP contribution in [0, 0.1) is 19.8 Å². The fourth-order valence-electron chi connectivity index (χ4n) is 2.50. The summed E-state index contributed by atoms with van der Waals surface area (Å²) in [6, 6.07) is 8.69. The molecule has 0 spiro atoms. The van der Waals surface area contributed by atoms with E-state index in [1.807, 2.05) is 0 Å². The third-order valence-electron chi connectivity index (χ3n) is 3.67. The molecule has 5 nitrogen and oxygen atoms in total. The number of benzene rings is 1. The Bertz CT molecular complexity index is 730. The topological polar surface area (TPSA) is 66.6 Å². The smallest absolute Gasteiger partial charge is 0.335 e. The minimum atomic E-state index is -0.949. The number of carbonyl (C=O) groups is 1. The van der Waals surface area contributed by atoms with Gasteiger partial charge in [-0.1, -0.05) is 19.9 Å². The summed E-state index contributed by atoms with van der Waals surface area (Å²) in [5, 5.41) is 13.2. The van der Waals surface area contributed by atoms with Gasteiger partial charge in [0.15, 0.2) is 0 Å². The molecule has 0 aliphatic rings. The van der Waals surface area contributed by atoms with Gasteiger partial charge in [0.1, 0.15) is 0 Å². The van der Waals surface area contributed by atoms with Gasteiger partial charge in [-0.15, -0.1) is 0 Å². The number of hydrogen-bond donors (Lipinski definition) is 2. The minimum absolute atomic E-state index is 0.236. The maximum atomic E-state index is 11.0. The Kier molecular flexibility index (Phi) is 5.21. The number of aromatic nitrogens is 1. The van der Waals surface area contributed by atoms with Crippen molar-refractivity contribution in [2.75, 3.05) is 5.43 Å². The molecule has 5 heteroatoms. The van der Waals surface area contributed by atoms with Crippen LogP contribution in [-0.2, 0) is 6.54 Å². The number of aryl methyl sites for hydroxylation is 1. The molecule has 1 aromatic carbocycles. The highest BCUT2D eigenvalue weighted by Crippen LogP contribution is 2.16. The van der Waals surface area contributed by atoms with Crippen LogP contribution in [0.1, 0.15) is 41.2 Å². The van der Waals surface area contributed by atoms with Gasteiger partial charge in [-0.05, 0) is 44.0 Å². The van der Waals surface area contributed by atoms with Gasteiger partial charge >= 0.3 is 5.97 Å². The van der Waals surface area contributed by atoms with Crippen molar-refractivity contribution >= 4 is 17.9 Å². The lowest BCUT2D eigenvalue weighted by Crippen LogP contribution is -2.08. The quantitative estimate of drug-likeness (QED) is 0.628. The summed E-state index contributed by atoms with van der Waals surface area (Å²) < 4.78 is 2.29. The molecule has 0 unspecified atom stereocenters. The lowest BCUT2D eigenvalue weighted by Gasteiger charge is -2.11. The van der Waals surface area contributed by atoms with Crippen LogP contribution in [0.15, 0.2) is 35.4 Å². The first-order chi connectivity index (χ1) is 10.9. The van der Waals surface area contributed by atoms with Crippen molar-refractivity contribution in [3.05, 3.63) is 52.8 Å². The van der Waals surface area contributed by atoms with Crippen LogP contribution in [0.3, 0.4) is 0 Å². The summed E-state index contributed by atoms with van der Waals surface area (Å²) in [5.74, 6) is -0.365. The number of carboxylic acid groups (broad SMARTS) is 1. The molecule has 0 radical (unpaired) electrons. The Labute approximate surface area is 136 Å². The summed E-state index contributed by atoms with van der Waals surface area (Å²) in [4.78, 5) is 11.0. The summed E-state index contributed by atoms with van der Waals surface area (Å²) in [6.07, 6.45) is 1.77. The van der Waals surface area contributed by atoms with E-state index in [4.69, 9.17) is 5.11 Å². The summed E-state index contributed by atoms with van der Waals surface area (Å²) in [6.45, 7) is 9.56. The molecule has 0 aliphatic carbocycles. The summed E-state index contributed by atoms with van der Waals surface area (Å²) >= 11 is 0. The molecule has 0 aliphatic heterocycles. The first-order valence-corrected chi connectivity index (χ1v) is 7.67. The van der Waals surface area contributed by atoms with Gasteiger partial charge in [0.25, 0.3) is 0 Å². The first kappa shape index (κ1) is 16.8. The van der Waals surface area contributed by atoms with Crippen LogP contribution in [0.5, 0.6) is 0 Å². The second-order valence-corrected chi connectivity index (χ2v) is 6.09. The fourth-order valence-corrected chi connectivity index (χ4v) is 2.50. The highest BCUT2D eigenvalue weighted by molar-refractivity contribution is 5.89. The van der Waals surface area contributed by atoms with E-state index in [9.17, 15) is 4.79 Å². The number of hydrazone groups is 1. The molecule has 1 heterocycles. The zero-order chi connectivity index (χ0) is 17.0. The standard InChI is InChI=1S/C18H23N3O2/c1-12(2)11-21-13(3)8-16(14(21)4)10-19-20-17-7-5-6-15(9-17)18(22)23/h5-10,12,20H,11H2,1-4H3,(H,22,23)/b19-10-. The van der Waals surface area contributed by atoms with Crippen molar-refractivity contribution in [1.29, 1.82) is 0 Å². The third kappa shape index (κ3) is 4.22. The number of nitrogens with one attached hydrogen (secondary N) is 1. The summed E-state index contributed by atoms with van der Waals surface area (Å²) in [7, 11) is 0. The Morgan fingerprint density at radius 1 is 1.35 bits per heavy atom. The molecule has 2 N–H and O–H groups in total. The van der Waals surface area contributed by atoms with Crippen molar-refractivity contribution < 1.29 is 9.90 Å². The predicted octanol–water partition coefficient (Wildman–Crippen LogP) is 3.91. The van der Waals surface area contributed by atoms with Crippen LogP contribution in [0.4, 0.5) is 5.69 Å². The van der Waals surface area contributed by atoms with E-state index >= 15 is 0 Å². The van der Waals surface area contributed by atoms with Crippen LogP contribution >= 0.6 is 0 Å².